The second kappa shape index (κ2) is 10.6. The largest absolute Gasteiger partial charge is 0.316 e. The van der Waals surface area contributed by atoms with Crippen molar-refractivity contribution in [1.82, 2.24) is 29.1 Å². The van der Waals surface area contributed by atoms with Gasteiger partial charge in [0.25, 0.3) is 0 Å². The minimum Gasteiger partial charge on any atom is -0.316 e. The summed E-state index contributed by atoms with van der Waals surface area (Å²) in [6.07, 6.45) is 5.71. The highest BCUT2D eigenvalue weighted by Crippen LogP contribution is 2.38. The summed E-state index contributed by atoms with van der Waals surface area (Å²) in [6, 6.07) is 48.1. The lowest BCUT2D eigenvalue weighted by Gasteiger charge is -2.12. The first kappa shape index (κ1) is 26.0. The number of nitrogens with zero attached hydrogens (tertiary/aromatic N) is 6. The van der Waals surface area contributed by atoms with E-state index in [0.29, 0.717) is 11.5 Å². The molecule has 0 N–H and O–H groups in total. The molecule has 0 spiro atoms. The highest BCUT2D eigenvalue weighted by molar-refractivity contribution is 6.18. The maximum atomic E-state index is 5.02. The molecule has 5 aromatic heterocycles. The van der Waals surface area contributed by atoms with E-state index in [-0.39, 0.29) is 0 Å². The van der Waals surface area contributed by atoms with Crippen molar-refractivity contribution in [2.24, 2.45) is 0 Å². The summed E-state index contributed by atoms with van der Waals surface area (Å²) in [4.78, 5) is 19.0. The van der Waals surface area contributed by atoms with Crippen LogP contribution in [0, 0.1) is 0 Å². The molecule has 0 aliphatic carbocycles. The van der Waals surface area contributed by atoms with Gasteiger partial charge >= 0.3 is 0 Å². The summed E-state index contributed by atoms with van der Waals surface area (Å²) in [7, 11) is 0. The number of para-hydroxylation sites is 2. The van der Waals surface area contributed by atoms with Crippen LogP contribution >= 0.6 is 0 Å². The van der Waals surface area contributed by atoms with Gasteiger partial charge < -0.3 is 9.13 Å². The molecule has 6 nitrogen and oxygen atoms in total. The van der Waals surface area contributed by atoms with E-state index in [1.54, 1.807) is 12.4 Å². The Morgan fingerprint density at radius 3 is 2.00 bits per heavy atom. The Kier molecular flexibility index (Phi) is 6.03. The molecule has 0 radical (unpaired) electrons. The molecule has 0 aliphatic heterocycles. The molecule has 0 atom stereocenters. The maximum absolute atomic E-state index is 5.02. The summed E-state index contributed by atoms with van der Waals surface area (Å²) >= 11 is 0. The molecule has 5 heterocycles. The van der Waals surface area contributed by atoms with E-state index in [2.05, 4.69) is 122 Å². The van der Waals surface area contributed by atoms with Gasteiger partial charge in [-0.15, -0.1) is 0 Å². The van der Waals surface area contributed by atoms with Crippen molar-refractivity contribution in [3.05, 3.63) is 158 Å². The molecule has 0 saturated heterocycles. The van der Waals surface area contributed by atoms with E-state index < -0.39 is 0 Å². The second-order valence-electron chi connectivity index (χ2n) is 11.2. The molecule has 0 fully saturated rings. The molecule has 0 unspecified atom stereocenters. The molecular weight excluding hydrogens is 564 g/mol. The van der Waals surface area contributed by atoms with E-state index in [0.717, 1.165) is 45.1 Å². The number of pyridine rings is 2. The highest BCUT2D eigenvalue weighted by Gasteiger charge is 2.18. The van der Waals surface area contributed by atoms with Crippen LogP contribution in [0.5, 0.6) is 0 Å². The van der Waals surface area contributed by atoms with Crippen molar-refractivity contribution >= 4 is 32.7 Å². The summed E-state index contributed by atoms with van der Waals surface area (Å²) in [5.41, 5.74) is 9.72. The topological polar surface area (TPSA) is 61.4 Å². The van der Waals surface area contributed by atoms with Crippen LogP contribution in [0.1, 0.15) is 0 Å². The zero-order chi connectivity index (χ0) is 30.5. The molecule has 0 saturated carbocycles. The van der Waals surface area contributed by atoms with Gasteiger partial charge in [0.1, 0.15) is 5.69 Å². The van der Waals surface area contributed by atoms with Gasteiger partial charge in [0.2, 0.25) is 0 Å². The Morgan fingerprint density at radius 2 is 1.17 bits per heavy atom. The van der Waals surface area contributed by atoms with Crippen LogP contribution in [0.25, 0.3) is 78.2 Å². The SMILES string of the molecule is c1ccc(-n2ccc3c2ccc2c4ccccc4n(-c4cccc(-c5cc(-c6ccccn6)nc(-c6ccccn6)n5)c4)c23)cc1. The van der Waals surface area contributed by atoms with E-state index >= 15 is 0 Å². The zero-order valence-corrected chi connectivity index (χ0v) is 24.7. The van der Waals surface area contributed by atoms with Crippen LogP contribution in [0.3, 0.4) is 0 Å². The number of fused-ring (bicyclic) bond motifs is 5. The normalized spacial score (nSPS) is 11.5. The Labute approximate surface area is 264 Å². The third-order valence-electron chi connectivity index (χ3n) is 8.48. The van der Waals surface area contributed by atoms with Crippen molar-refractivity contribution < 1.29 is 0 Å². The van der Waals surface area contributed by atoms with Gasteiger partial charge in [0, 0.05) is 51.7 Å². The third-order valence-corrected chi connectivity index (χ3v) is 8.48. The quantitative estimate of drug-likeness (QED) is 0.200. The lowest BCUT2D eigenvalue weighted by atomic mass is 10.1. The summed E-state index contributed by atoms with van der Waals surface area (Å²) in [6.45, 7) is 0. The van der Waals surface area contributed by atoms with E-state index in [9.17, 15) is 0 Å². The molecule has 0 bridgehead atoms. The predicted molar refractivity (Wildman–Crippen MR) is 185 cm³/mol. The number of benzene rings is 4. The second-order valence-corrected chi connectivity index (χ2v) is 11.2. The van der Waals surface area contributed by atoms with Crippen LogP contribution in [0.2, 0.25) is 0 Å². The monoisotopic (exact) mass is 590 g/mol. The average molecular weight is 591 g/mol. The molecule has 4 aromatic carbocycles. The summed E-state index contributed by atoms with van der Waals surface area (Å²) in [5, 5.41) is 3.63. The summed E-state index contributed by atoms with van der Waals surface area (Å²) in [5.74, 6) is 0.560. The third kappa shape index (κ3) is 4.27. The van der Waals surface area contributed by atoms with Crippen LogP contribution < -0.4 is 0 Å². The molecule has 6 heteroatoms. The standard InChI is InChI=1S/C40H26N6/c1-2-12-28(13-3-1)45-24-21-32-37(45)20-19-31-30-15-4-5-18-38(30)46(39(31)32)29-14-10-11-27(25-29)35-26-36(33-16-6-8-22-41-33)44-40(43-35)34-17-7-9-23-42-34/h1-26H. The number of hydrogen-bond acceptors (Lipinski definition) is 4. The van der Waals surface area contributed by atoms with E-state index in [1.165, 1.54) is 21.7 Å². The fourth-order valence-electron chi connectivity index (χ4n) is 6.41. The first-order valence-electron chi connectivity index (χ1n) is 15.2. The Hall–Kier alpha value is -6.40. The first-order chi connectivity index (χ1) is 22.8. The molecule has 46 heavy (non-hydrogen) atoms. The van der Waals surface area contributed by atoms with Crippen LogP contribution in [-0.2, 0) is 0 Å². The van der Waals surface area contributed by atoms with Gasteiger partial charge in [-0.05, 0) is 72.8 Å². The van der Waals surface area contributed by atoms with Crippen molar-refractivity contribution in [2.45, 2.75) is 0 Å². The van der Waals surface area contributed by atoms with Crippen LogP contribution in [-0.4, -0.2) is 29.1 Å². The van der Waals surface area contributed by atoms with Gasteiger partial charge in [-0.25, -0.2) is 9.97 Å². The minimum absolute atomic E-state index is 0.560. The molecule has 9 aromatic rings. The van der Waals surface area contributed by atoms with Gasteiger partial charge in [-0.3, -0.25) is 9.97 Å². The number of aromatic nitrogens is 6. The average Bonchev–Trinajstić information content (AvgIpc) is 3.72. The van der Waals surface area contributed by atoms with Crippen molar-refractivity contribution in [3.8, 4) is 45.5 Å². The van der Waals surface area contributed by atoms with Crippen LogP contribution in [0.15, 0.2) is 158 Å². The molecule has 0 amide bonds. The maximum Gasteiger partial charge on any atom is 0.179 e. The smallest absolute Gasteiger partial charge is 0.179 e. The molecule has 9 rings (SSSR count). The summed E-state index contributed by atoms with van der Waals surface area (Å²) < 4.78 is 4.64. The van der Waals surface area contributed by atoms with Crippen molar-refractivity contribution in [3.63, 3.8) is 0 Å². The van der Waals surface area contributed by atoms with Crippen LogP contribution in [0.4, 0.5) is 0 Å². The Bertz CT molecular complexity index is 2460. The lowest BCUT2D eigenvalue weighted by molar-refractivity contribution is 1.13. The van der Waals surface area contributed by atoms with E-state index in [1.807, 2.05) is 42.5 Å². The van der Waals surface area contributed by atoms with Gasteiger partial charge in [0.15, 0.2) is 5.82 Å². The van der Waals surface area contributed by atoms with Gasteiger partial charge in [-0.1, -0.05) is 66.7 Å². The predicted octanol–water partition coefficient (Wildman–Crippen LogP) is 9.31. The number of rotatable bonds is 5. The van der Waals surface area contributed by atoms with Crippen molar-refractivity contribution in [1.29, 1.82) is 0 Å². The Morgan fingerprint density at radius 1 is 0.435 bits per heavy atom. The number of hydrogen-bond donors (Lipinski definition) is 0. The van der Waals surface area contributed by atoms with Gasteiger partial charge in [-0.2, -0.15) is 0 Å². The molecule has 0 aliphatic rings. The fourth-order valence-corrected chi connectivity index (χ4v) is 6.41. The Balaban J connectivity index is 1.27. The van der Waals surface area contributed by atoms with Crippen molar-refractivity contribution in [2.75, 3.05) is 0 Å². The van der Waals surface area contributed by atoms with Gasteiger partial charge in [0.05, 0.1) is 33.6 Å². The molecule has 216 valence electrons. The molecular formula is C40H26N6. The van der Waals surface area contributed by atoms with E-state index in [4.69, 9.17) is 9.97 Å². The minimum atomic E-state index is 0.560. The first-order valence-corrected chi connectivity index (χ1v) is 15.2. The zero-order valence-electron chi connectivity index (χ0n) is 24.7. The lowest BCUT2D eigenvalue weighted by Crippen LogP contribution is -1.99. The highest BCUT2D eigenvalue weighted by atomic mass is 15.0. The fraction of sp³-hybridized carbons (Fsp3) is 0.